The van der Waals surface area contributed by atoms with Crippen LogP contribution in [0.25, 0.3) is 0 Å². The Balaban J connectivity index is 2.21. The zero-order chi connectivity index (χ0) is 11.6. The minimum atomic E-state index is -3.31. The van der Waals surface area contributed by atoms with Crippen molar-refractivity contribution >= 4 is 9.84 Å². The molecule has 0 aromatic carbocycles. The molecule has 2 rings (SSSR count). The molecule has 6 heteroatoms. The van der Waals surface area contributed by atoms with Crippen LogP contribution in [-0.4, -0.2) is 36.7 Å². The molecule has 0 spiro atoms. The molecule has 5 nitrogen and oxygen atoms in total. The quantitative estimate of drug-likeness (QED) is 0.824. The minimum absolute atomic E-state index is 0.0615. The first kappa shape index (κ1) is 11.5. The number of aryl methyl sites for hydroxylation is 1. The van der Waals surface area contributed by atoms with Crippen molar-refractivity contribution in [1.82, 2.24) is 15.3 Å². The predicted octanol–water partition coefficient (Wildman–Crippen LogP) is 0.311. The zero-order valence-electron chi connectivity index (χ0n) is 9.18. The van der Waals surface area contributed by atoms with Crippen LogP contribution in [0.5, 0.6) is 0 Å². The van der Waals surface area contributed by atoms with Gasteiger partial charge >= 0.3 is 0 Å². The topological polar surface area (TPSA) is 72.0 Å². The van der Waals surface area contributed by atoms with Gasteiger partial charge in [0.2, 0.25) is 0 Å². The van der Waals surface area contributed by atoms with Gasteiger partial charge < -0.3 is 5.32 Å². The highest BCUT2D eigenvalue weighted by Crippen LogP contribution is 2.15. The molecular formula is C10H15N3O2S. The van der Waals surface area contributed by atoms with Crippen LogP contribution in [0.3, 0.4) is 0 Å². The summed E-state index contributed by atoms with van der Waals surface area (Å²) in [5, 5.41) is 3.29. The van der Waals surface area contributed by atoms with Crippen LogP contribution in [0.2, 0.25) is 0 Å². The van der Waals surface area contributed by atoms with Crippen LogP contribution in [0, 0.1) is 6.92 Å². The van der Waals surface area contributed by atoms with Crippen molar-refractivity contribution in [2.24, 2.45) is 0 Å². The van der Waals surface area contributed by atoms with Crippen molar-refractivity contribution < 1.29 is 8.42 Å². The molecule has 1 unspecified atom stereocenters. The third-order valence-electron chi connectivity index (χ3n) is 2.71. The molecule has 0 bridgehead atoms. The Morgan fingerprint density at radius 3 is 2.81 bits per heavy atom. The van der Waals surface area contributed by atoms with E-state index in [1.165, 1.54) is 12.4 Å². The predicted molar refractivity (Wildman–Crippen MR) is 59.8 cm³/mol. The van der Waals surface area contributed by atoms with Crippen LogP contribution in [0.4, 0.5) is 0 Å². The fourth-order valence-corrected chi connectivity index (χ4v) is 3.64. The second kappa shape index (κ2) is 4.47. The van der Waals surface area contributed by atoms with Gasteiger partial charge in [0.05, 0.1) is 11.4 Å². The van der Waals surface area contributed by atoms with Gasteiger partial charge in [-0.05, 0) is 26.3 Å². The summed E-state index contributed by atoms with van der Waals surface area (Å²) >= 11 is 0. The number of nitrogens with one attached hydrogen (secondary N) is 1. The molecule has 1 aliphatic rings. The molecule has 1 fully saturated rings. The number of hydrogen-bond acceptors (Lipinski definition) is 5. The summed E-state index contributed by atoms with van der Waals surface area (Å²) in [5.41, 5.74) is 0.473. The summed E-state index contributed by atoms with van der Waals surface area (Å²) in [6.45, 7) is 2.57. The monoisotopic (exact) mass is 241 g/mol. The Morgan fingerprint density at radius 2 is 2.19 bits per heavy atom. The Labute approximate surface area is 95.2 Å². The molecule has 1 saturated heterocycles. The van der Waals surface area contributed by atoms with Gasteiger partial charge in [-0.25, -0.2) is 13.4 Å². The summed E-state index contributed by atoms with van der Waals surface area (Å²) in [7, 11) is -3.31. The number of sulfone groups is 1. The van der Waals surface area contributed by atoms with E-state index in [9.17, 15) is 8.42 Å². The molecule has 0 aliphatic carbocycles. The first-order valence-corrected chi connectivity index (χ1v) is 6.98. The lowest BCUT2D eigenvalue weighted by atomic mass is 10.3. The Kier molecular flexibility index (Phi) is 3.20. The number of hydrogen-bond donors (Lipinski definition) is 1. The third kappa shape index (κ3) is 2.38. The van der Waals surface area contributed by atoms with E-state index in [4.69, 9.17) is 0 Å². The van der Waals surface area contributed by atoms with Crippen LogP contribution >= 0.6 is 0 Å². The van der Waals surface area contributed by atoms with Gasteiger partial charge in [0.1, 0.15) is 0 Å². The molecule has 1 aromatic rings. The van der Waals surface area contributed by atoms with Gasteiger partial charge in [-0.1, -0.05) is 0 Å². The first-order valence-electron chi connectivity index (χ1n) is 5.33. The lowest BCUT2D eigenvalue weighted by Gasteiger charge is -2.11. The van der Waals surface area contributed by atoms with Crippen molar-refractivity contribution in [3.8, 4) is 0 Å². The van der Waals surface area contributed by atoms with E-state index in [0.29, 0.717) is 5.69 Å². The van der Waals surface area contributed by atoms with E-state index < -0.39 is 9.84 Å². The normalized spacial score (nSPS) is 21.2. The smallest absolute Gasteiger partial charge is 0.198 e. The van der Waals surface area contributed by atoms with Gasteiger partial charge in [0, 0.05) is 18.4 Å². The molecular weight excluding hydrogens is 226 g/mol. The molecule has 1 N–H and O–H groups in total. The van der Waals surface area contributed by atoms with E-state index in [2.05, 4.69) is 15.3 Å². The maximum atomic E-state index is 12.1. The molecule has 0 amide bonds. The van der Waals surface area contributed by atoms with E-state index >= 15 is 0 Å². The van der Waals surface area contributed by atoms with Gasteiger partial charge in [-0.15, -0.1) is 0 Å². The highest BCUT2D eigenvalue weighted by atomic mass is 32.2. The molecule has 16 heavy (non-hydrogen) atoms. The molecule has 1 atom stereocenters. The maximum Gasteiger partial charge on any atom is 0.198 e. The maximum absolute atomic E-state index is 12.1. The Hall–Kier alpha value is -1.01. The molecule has 1 aliphatic heterocycles. The average Bonchev–Trinajstić information content (AvgIpc) is 2.70. The molecule has 0 saturated carbocycles. The Bertz CT molecular complexity index is 467. The average molecular weight is 241 g/mol. The van der Waals surface area contributed by atoms with Crippen molar-refractivity contribution in [3.63, 3.8) is 0 Å². The van der Waals surface area contributed by atoms with E-state index in [1.807, 2.05) is 0 Å². The van der Waals surface area contributed by atoms with Gasteiger partial charge in [-0.3, -0.25) is 4.98 Å². The van der Waals surface area contributed by atoms with E-state index in [-0.39, 0.29) is 16.8 Å². The summed E-state index contributed by atoms with van der Waals surface area (Å²) in [5.74, 6) is 0.118. The van der Waals surface area contributed by atoms with Crippen molar-refractivity contribution in [2.45, 2.75) is 30.8 Å². The first-order chi connectivity index (χ1) is 7.59. The molecule has 2 heterocycles. The minimum Gasteiger partial charge on any atom is -0.313 e. The summed E-state index contributed by atoms with van der Waals surface area (Å²) in [6.07, 6.45) is 4.88. The molecule has 0 radical (unpaired) electrons. The fraction of sp³-hybridized carbons (Fsp3) is 0.600. The standard InChI is InChI=1S/C10H15N3O2S/c1-8-10(13-6-5-11-8)16(14,15)7-9-3-2-4-12-9/h5-6,9,12H,2-4,7H2,1H3. The summed E-state index contributed by atoms with van der Waals surface area (Å²) in [6, 6.07) is 0.0615. The lowest BCUT2D eigenvalue weighted by molar-refractivity contribution is 0.572. The third-order valence-corrected chi connectivity index (χ3v) is 4.54. The summed E-state index contributed by atoms with van der Waals surface area (Å²) in [4.78, 5) is 7.87. The van der Waals surface area contributed by atoms with Gasteiger partial charge in [-0.2, -0.15) is 0 Å². The van der Waals surface area contributed by atoms with Gasteiger partial charge in [0.15, 0.2) is 14.9 Å². The fourth-order valence-electron chi connectivity index (χ4n) is 1.94. The molecule has 88 valence electrons. The summed E-state index contributed by atoms with van der Waals surface area (Å²) < 4.78 is 24.1. The highest BCUT2D eigenvalue weighted by Gasteiger charge is 2.26. The van der Waals surface area contributed by atoms with Crippen molar-refractivity contribution in [2.75, 3.05) is 12.3 Å². The van der Waals surface area contributed by atoms with Crippen LogP contribution in [-0.2, 0) is 9.84 Å². The number of rotatable bonds is 3. The Morgan fingerprint density at radius 1 is 1.44 bits per heavy atom. The SMILES string of the molecule is Cc1nccnc1S(=O)(=O)CC1CCCN1. The van der Waals surface area contributed by atoms with Crippen LogP contribution < -0.4 is 5.32 Å². The van der Waals surface area contributed by atoms with E-state index in [0.717, 1.165) is 19.4 Å². The zero-order valence-corrected chi connectivity index (χ0v) is 10.00. The lowest BCUT2D eigenvalue weighted by Crippen LogP contribution is -2.30. The molecule has 1 aromatic heterocycles. The van der Waals surface area contributed by atoms with Crippen LogP contribution in [0.15, 0.2) is 17.4 Å². The van der Waals surface area contributed by atoms with Crippen molar-refractivity contribution in [3.05, 3.63) is 18.1 Å². The number of nitrogens with zero attached hydrogens (tertiary/aromatic N) is 2. The second-order valence-corrected chi connectivity index (χ2v) is 5.97. The van der Waals surface area contributed by atoms with Gasteiger partial charge in [0.25, 0.3) is 0 Å². The van der Waals surface area contributed by atoms with Crippen molar-refractivity contribution in [1.29, 1.82) is 0 Å². The van der Waals surface area contributed by atoms with Crippen LogP contribution in [0.1, 0.15) is 18.5 Å². The highest BCUT2D eigenvalue weighted by molar-refractivity contribution is 7.91. The largest absolute Gasteiger partial charge is 0.313 e. The van der Waals surface area contributed by atoms with E-state index in [1.54, 1.807) is 6.92 Å². The second-order valence-electron chi connectivity index (χ2n) is 4.02. The number of aromatic nitrogens is 2.